The molecule has 0 aliphatic rings. The van der Waals surface area contributed by atoms with Gasteiger partial charge in [0.1, 0.15) is 4.90 Å². The van der Waals surface area contributed by atoms with Crippen molar-refractivity contribution in [3.8, 4) is 0 Å². The van der Waals surface area contributed by atoms with Crippen molar-refractivity contribution in [1.29, 1.82) is 0 Å². The van der Waals surface area contributed by atoms with Crippen LogP contribution in [0.5, 0.6) is 0 Å². The van der Waals surface area contributed by atoms with E-state index in [2.05, 4.69) is 0 Å². The van der Waals surface area contributed by atoms with E-state index in [1.54, 1.807) is 18.2 Å². The number of sulfonamides is 1. The first-order chi connectivity index (χ1) is 8.64. The Morgan fingerprint density at radius 3 is 2.16 bits per heavy atom. The third-order valence-corrected chi connectivity index (χ3v) is 5.26. The Balaban J connectivity index is 3.40. The molecular weight excluding hydrogens is 262 g/mol. The average molecular weight is 285 g/mol. The summed E-state index contributed by atoms with van der Waals surface area (Å²) in [7, 11) is 1.44. The van der Waals surface area contributed by atoms with Crippen molar-refractivity contribution in [2.45, 2.75) is 24.3 Å². The van der Waals surface area contributed by atoms with Crippen molar-refractivity contribution in [2.75, 3.05) is 32.6 Å². The van der Waals surface area contributed by atoms with Gasteiger partial charge < -0.3 is 10.6 Å². The molecule has 0 heterocycles. The Morgan fingerprint density at radius 1 is 1.16 bits per heavy atom. The van der Waals surface area contributed by atoms with Gasteiger partial charge in [-0.05, 0) is 26.0 Å². The summed E-state index contributed by atoms with van der Waals surface area (Å²) in [5.41, 5.74) is 6.10. The smallest absolute Gasteiger partial charge is 0.244 e. The molecule has 2 N–H and O–H groups in total. The SMILES string of the molecule is CN(c1ccccc1S(=O)(=O)N(C)C)C(C)(C)CN. The summed E-state index contributed by atoms with van der Waals surface area (Å²) in [6, 6.07) is 6.97. The van der Waals surface area contributed by atoms with Gasteiger partial charge in [0.15, 0.2) is 0 Å². The molecule has 0 radical (unpaired) electrons. The Kier molecular flexibility index (Phi) is 4.60. The molecule has 0 atom stereocenters. The van der Waals surface area contributed by atoms with Gasteiger partial charge in [0, 0.05) is 33.2 Å². The molecule has 0 fully saturated rings. The van der Waals surface area contributed by atoms with Crippen LogP contribution < -0.4 is 10.6 Å². The zero-order valence-electron chi connectivity index (χ0n) is 12.2. The van der Waals surface area contributed by atoms with Crippen LogP contribution in [0.25, 0.3) is 0 Å². The molecule has 1 aromatic rings. The van der Waals surface area contributed by atoms with Crippen molar-refractivity contribution in [3.63, 3.8) is 0 Å². The van der Waals surface area contributed by atoms with Crippen LogP contribution in [0.1, 0.15) is 13.8 Å². The van der Waals surface area contributed by atoms with Gasteiger partial charge in [-0.3, -0.25) is 0 Å². The highest BCUT2D eigenvalue weighted by atomic mass is 32.2. The van der Waals surface area contributed by atoms with Crippen molar-refractivity contribution >= 4 is 15.7 Å². The van der Waals surface area contributed by atoms with E-state index in [1.807, 2.05) is 31.9 Å². The zero-order valence-corrected chi connectivity index (χ0v) is 13.0. The van der Waals surface area contributed by atoms with Gasteiger partial charge in [-0.1, -0.05) is 12.1 Å². The molecule has 5 nitrogen and oxygen atoms in total. The molecule has 1 rings (SSSR count). The number of benzene rings is 1. The second kappa shape index (κ2) is 5.48. The molecule has 1 aromatic carbocycles. The summed E-state index contributed by atoms with van der Waals surface area (Å²) < 4.78 is 25.9. The monoisotopic (exact) mass is 285 g/mol. The fourth-order valence-electron chi connectivity index (χ4n) is 1.61. The highest BCUT2D eigenvalue weighted by Crippen LogP contribution is 2.30. The zero-order chi connectivity index (χ0) is 14.8. The highest BCUT2D eigenvalue weighted by molar-refractivity contribution is 7.89. The van der Waals surface area contributed by atoms with Crippen LogP contribution >= 0.6 is 0 Å². The fourth-order valence-corrected chi connectivity index (χ4v) is 2.73. The minimum absolute atomic E-state index is 0.295. The molecule has 0 unspecified atom stereocenters. The molecular formula is C13H23N3O2S. The number of nitrogens with two attached hydrogens (primary N) is 1. The molecule has 108 valence electrons. The predicted molar refractivity (Wildman–Crippen MR) is 78.9 cm³/mol. The molecule has 0 saturated heterocycles. The van der Waals surface area contributed by atoms with E-state index in [9.17, 15) is 8.42 Å². The van der Waals surface area contributed by atoms with E-state index in [-0.39, 0.29) is 5.54 Å². The van der Waals surface area contributed by atoms with Crippen LogP contribution in [-0.4, -0.2) is 45.9 Å². The summed E-state index contributed by atoms with van der Waals surface area (Å²) in [6.45, 7) is 4.39. The van der Waals surface area contributed by atoms with Gasteiger partial charge in [0.05, 0.1) is 5.69 Å². The quantitative estimate of drug-likeness (QED) is 0.880. The Bertz CT molecular complexity index is 539. The maximum absolute atomic E-state index is 12.3. The number of hydrogen-bond acceptors (Lipinski definition) is 4. The first-order valence-corrected chi connectivity index (χ1v) is 7.54. The van der Waals surface area contributed by atoms with E-state index < -0.39 is 10.0 Å². The Labute approximate surface area is 116 Å². The lowest BCUT2D eigenvalue weighted by atomic mass is 10.0. The van der Waals surface area contributed by atoms with Gasteiger partial charge in [-0.15, -0.1) is 0 Å². The van der Waals surface area contributed by atoms with Gasteiger partial charge in [0.25, 0.3) is 0 Å². The maximum atomic E-state index is 12.3. The summed E-state index contributed by atoms with van der Waals surface area (Å²) >= 11 is 0. The summed E-state index contributed by atoms with van der Waals surface area (Å²) in [5.74, 6) is 0. The molecule has 0 amide bonds. The molecule has 19 heavy (non-hydrogen) atoms. The van der Waals surface area contributed by atoms with Crippen molar-refractivity contribution in [2.24, 2.45) is 5.73 Å². The maximum Gasteiger partial charge on any atom is 0.244 e. The molecule has 0 saturated carbocycles. The van der Waals surface area contributed by atoms with E-state index >= 15 is 0 Å². The lowest BCUT2D eigenvalue weighted by Gasteiger charge is -2.37. The van der Waals surface area contributed by atoms with Gasteiger partial charge >= 0.3 is 0 Å². The number of likely N-dealkylation sites (N-methyl/N-ethyl adjacent to an activating group) is 1. The number of anilines is 1. The van der Waals surface area contributed by atoms with Gasteiger partial charge in [0.2, 0.25) is 10.0 Å². The van der Waals surface area contributed by atoms with Crippen LogP contribution in [0.15, 0.2) is 29.2 Å². The number of nitrogens with zero attached hydrogens (tertiary/aromatic N) is 2. The summed E-state index contributed by atoms with van der Waals surface area (Å²) in [5, 5.41) is 0. The minimum atomic E-state index is -3.47. The third kappa shape index (κ3) is 3.08. The standard InChI is InChI=1S/C13H23N3O2S/c1-13(2,10-14)16(5)11-8-6-7-9-12(11)19(17,18)15(3)4/h6-9H,10,14H2,1-5H3. The van der Waals surface area contributed by atoms with E-state index in [4.69, 9.17) is 5.73 Å². The summed E-state index contributed by atoms with van der Waals surface area (Å²) in [6.07, 6.45) is 0. The van der Waals surface area contributed by atoms with Crippen molar-refractivity contribution < 1.29 is 8.42 Å². The van der Waals surface area contributed by atoms with Crippen molar-refractivity contribution in [1.82, 2.24) is 4.31 Å². The topological polar surface area (TPSA) is 66.6 Å². The molecule has 0 aromatic heterocycles. The van der Waals surface area contributed by atoms with Gasteiger partial charge in [-0.2, -0.15) is 0 Å². The first-order valence-electron chi connectivity index (χ1n) is 6.10. The predicted octanol–water partition coefficient (Wildman–Crippen LogP) is 1.11. The average Bonchev–Trinajstić information content (AvgIpc) is 2.37. The minimum Gasteiger partial charge on any atom is -0.367 e. The van der Waals surface area contributed by atoms with Crippen LogP contribution in [0.4, 0.5) is 5.69 Å². The van der Waals surface area contributed by atoms with Crippen molar-refractivity contribution in [3.05, 3.63) is 24.3 Å². The van der Waals surface area contributed by atoms with Crippen LogP contribution in [0.2, 0.25) is 0 Å². The normalized spacial score (nSPS) is 12.8. The second-order valence-corrected chi connectivity index (χ2v) is 7.45. The van der Waals surface area contributed by atoms with Crippen LogP contribution in [0.3, 0.4) is 0 Å². The number of para-hydroxylation sites is 1. The lowest BCUT2D eigenvalue weighted by Crippen LogP contribution is -2.47. The molecule has 0 aliphatic heterocycles. The van der Waals surface area contributed by atoms with Gasteiger partial charge in [-0.25, -0.2) is 12.7 Å². The Hall–Kier alpha value is -1.11. The number of hydrogen-bond donors (Lipinski definition) is 1. The molecule has 6 heteroatoms. The Morgan fingerprint density at radius 2 is 1.68 bits per heavy atom. The molecule has 0 bridgehead atoms. The first kappa shape index (κ1) is 15.9. The summed E-state index contributed by atoms with van der Waals surface area (Å²) in [4.78, 5) is 2.20. The largest absolute Gasteiger partial charge is 0.367 e. The van der Waals surface area contributed by atoms with E-state index in [0.29, 0.717) is 17.1 Å². The van der Waals surface area contributed by atoms with E-state index in [0.717, 1.165) is 0 Å². The highest BCUT2D eigenvalue weighted by Gasteiger charge is 2.28. The molecule has 0 spiro atoms. The third-order valence-electron chi connectivity index (χ3n) is 3.39. The van der Waals surface area contributed by atoms with Crippen LogP contribution in [-0.2, 0) is 10.0 Å². The number of rotatable bonds is 5. The fraction of sp³-hybridized carbons (Fsp3) is 0.538. The van der Waals surface area contributed by atoms with Crippen LogP contribution in [0, 0.1) is 0 Å². The second-order valence-electron chi connectivity index (χ2n) is 5.33. The van der Waals surface area contributed by atoms with E-state index in [1.165, 1.54) is 18.4 Å². The molecule has 0 aliphatic carbocycles. The lowest BCUT2D eigenvalue weighted by molar-refractivity contribution is 0.492.